The molecular weight excluding hydrogens is 428 g/mol. The van der Waals surface area contributed by atoms with Crippen molar-refractivity contribution in [3.63, 3.8) is 0 Å². The third-order valence-corrected chi connectivity index (χ3v) is 5.19. The number of benzene rings is 2. The Morgan fingerprint density at radius 3 is 2.41 bits per heavy atom. The first kappa shape index (κ1) is 19.8. The van der Waals surface area contributed by atoms with Crippen LogP contribution in [0.5, 0.6) is 0 Å². The highest BCUT2D eigenvalue weighted by molar-refractivity contribution is 6.44. The minimum Gasteiger partial charge on any atom is -0.457 e. The third-order valence-electron chi connectivity index (χ3n) is 3.75. The SMILES string of the molecule is Cc1ccc(-c2ccc(/C=C/C(=O)Nc3cc(Cl)c(Cl)cc3Cl)o2)cc1Cl. The minimum atomic E-state index is -0.383. The van der Waals surface area contributed by atoms with Gasteiger partial charge in [-0.1, -0.05) is 58.5 Å². The van der Waals surface area contributed by atoms with Crippen molar-refractivity contribution >= 4 is 64.1 Å². The van der Waals surface area contributed by atoms with Crippen molar-refractivity contribution in [2.75, 3.05) is 5.32 Å². The number of hydrogen-bond donors (Lipinski definition) is 1. The van der Waals surface area contributed by atoms with E-state index >= 15 is 0 Å². The summed E-state index contributed by atoms with van der Waals surface area (Å²) in [5, 5.41) is 4.21. The van der Waals surface area contributed by atoms with Crippen LogP contribution in [0.4, 0.5) is 5.69 Å². The summed E-state index contributed by atoms with van der Waals surface area (Å²) in [6.07, 6.45) is 2.89. The van der Waals surface area contributed by atoms with Gasteiger partial charge in [-0.15, -0.1) is 0 Å². The molecule has 0 aliphatic heterocycles. The quantitative estimate of drug-likeness (QED) is 0.336. The van der Waals surface area contributed by atoms with Crippen molar-refractivity contribution in [2.45, 2.75) is 6.92 Å². The molecule has 0 fully saturated rings. The number of furan rings is 1. The Bertz CT molecular complexity index is 1040. The van der Waals surface area contributed by atoms with Gasteiger partial charge in [-0.3, -0.25) is 4.79 Å². The van der Waals surface area contributed by atoms with Crippen LogP contribution in [0.25, 0.3) is 17.4 Å². The first-order chi connectivity index (χ1) is 12.8. The van der Waals surface area contributed by atoms with Crippen molar-refractivity contribution in [1.82, 2.24) is 0 Å². The zero-order valence-corrected chi connectivity index (χ0v) is 17.0. The van der Waals surface area contributed by atoms with Crippen LogP contribution >= 0.6 is 46.4 Å². The van der Waals surface area contributed by atoms with Gasteiger partial charge in [0.15, 0.2) is 0 Å². The molecule has 0 aliphatic rings. The molecule has 27 heavy (non-hydrogen) atoms. The van der Waals surface area contributed by atoms with E-state index in [9.17, 15) is 4.79 Å². The number of nitrogens with one attached hydrogen (secondary N) is 1. The lowest BCUT2D eigenvalue weighted by Crippen LogP contribution is -2.08. The first-order valence-electron chi connectivity index (χ1n) is 7.83. The van der Waals surface area contributed by atoms with Gasteiger partial charge < -0.3 is 9.73 Å². The highest BCUT2D eigenvalue weighted by atomic mass is 35.5. The van der Waals surface area contributed by atoms with E-state index in [2.05, 4.69) is 5.32 Å². The molecule has 1 amide bonds. The molecule has 3 rings (SSSR count). The molecule has 138 valence electrons. The van der Waals surface area contributed by atoms with E-state index in [-0.39, 0.29) is 5.91 Å². The van der Waals surface area contributed by atoms with Crippen LogP contribution in [0, 0.1) is 6.92 Å². The summed E-state index contributed by atoms with van der Waals surface area (Å²) in [6.45, 7) is 1.93. The van der Waals surface area contributed by atoms with Crippen LogP contribution in [-0.4, -0.2) is 5.91 Å². The summed E-state index contributed by atoms with van der Waals surface area (Å²) < 4.78 is 5.73. The van der Waals surface area contributed by atoms with E-state index in [4.69, 9.17) is 50.8 Å². The Balaban J connectivity index is 1.71. The number of carbonyl (C=O) groups is 1. The molecule has 0 atom stereocenters. The van der Waals surface area contributed by atoms with Gasteiger partial charge in [-0.25, -0.2) is 0 Å². The van der Waals surface area contributed by atoms with E-state index in [1.54, 1.807) is 12.1 Å². The topological polar surface area (TPSA) is 42.2 Å². The van der Waals surface area contributed by atoms with Crippen LogP contribution in [-0.2, 0) is 4.79 Å². The van der Waals surface area contributed by atoms with Crippen LogP contribution < -0.4 is 5.32 Å². The molecule has 7 heteroatoms. The molecule has 0 saturated carbocycles. The highest BCUT2D eigenvalue weighted by Crippen LogP contribution is 2.32. The standard InChI is InChI=1S/C20H13Cl4NO2/c1-11-2-3-12(8-14(11)21)19-6-4-13(27-19)5-7-20(26)25-18-10-16(23)15(22)9-17(18)24/h2-10H,1H3,(H,25,26)/b7-5+. The molecule has 1 N–H and O–H groups in total. The summed E-state index contributed by atoms with van der Waals surface area (Å²) in [5.41, 5.74) is 2.22. The van der Waals surface area contributed by atoms with Crippen LogP contribution in [0.1, 0.15) is 11.3 Å². The Labute approximate surface area is 176 Å². The van der Waals surface area contributed by atoms with Crippen molar-refractivity contribution in [2.24, 2.45) is 0 Å². The number of amides is 1. The van der Waals surface area contributed by atoms with Crippen LogP contribution in [0.3, 0.4) is 0 Å². The maximum atomic E-state index is 12.1. The average Bonchev–Trinajstić information content (AvgIpc) is 3.09. The molecule has 0 spiro atoms. The second-order valence-corrected chi connectivity index (χ2v) is 7.36. The van der Waals surface area contributed by atoms with Gasteiger partial charge in [-0.05, 0) is 48.9 Å². The number of rotatable bonds is 4. The predicted molar refractivity (Wildman–Crippen MR) is 113 cm³/mol. The van der Waals surface area contributed by atoms with Crippen molar-refractivity contribution < 1.29 is 9.21 Å². The predicted octanol–water partition coefficient (Wildman–Crippen LogP) is 7.52. The summed E-state index contributed by atoms with van der Waals surface area (Å²) in [6, 6.07) is 12.2. The Hall–Kier alpha value is -1.91. The van der Waals surface area contributed by atoms with Crippen molar-refractivity contribution in [3.05, 3.63) is 80.0 Å². The molecule has 0 radical (unpaired) electrons. The van der Waals surface area contributed by atoms with Gasteiger partial charge in [0.25, 0.3) is 0 Å². The fraction of sp³-hybridized carbons (Fsp3) is 0.0500. The monoisotopic (exact) mass is 439 g/mol. The molecule has 2 aromatic carbocycles. The van der Waals surface area contributed by atoms with Gasteiger partial charge in [0.05, 0.1) is 20.8 Å². The molecule has 0 aliphatic carbocycles. The maximum absolute atomic E-state index is 12.1. The second-order valence-electron chi connectivity index (χ2n) is 5.73. The zero-order chi connectivity index (χ0) is 19.6. The molecule has 1 heterocycles. The minimum absolute atomic E-state index is 0.294. The molecule has 0 saturated heterocycles. The second kappa shape index (κ2) is 8.41. The summed E-state index contributed by atoms with van der Waals surface area (Å²) in [4.78, 5) is 12.1. The molecule has 3 nitrogen and oxygen atoms in total. The van der Waals surface area contributed by atoms with E-state index in [0.717, 1.165) is 11.1 Å². The van der Waals surface area contributed by atoms with E-state index in [1.807, 2.05) is 31.2 Å². The third kappa shape index (κ3) is 4.88. The molecule has 3 aromatic rings. The summed E-state index contributed by atoms with van der Waals surface area (Å²) in [7, 11) is 0. The van der Waals surface area contributed by atoms with E-state index < -0.39 is 0 Å². The zero-order valence-electron chi connectivity index (χ0n) is 14.0. The maximum Gasteiger partial charge on any atom is 0.248 e. The number of aryl methyl sites for hydroxylation is 1. The Morgan fingerprint density at radius 2 is 1.67 bits per heavy atom. The Kier molecular flexibility index (Phi) is 6.18. The summed E-state index contributed by atoms with van der Waals surface area (Å²) >= 11 is 24.0. The van der Waals surface area contributed by atoms with Gasteiger partial charge >= 0.3 is 0 Å². The molecular formula is C20H13Cl4NO2. The first-order valence-corrected chi connectivity index (χ1v) is 9.34. The van der Waals surface area contributed by atoms with E-state index in [1.165, 1.54) is 18.2 Å². The van der Waals surface area contributed by atoms with Crippen LogP contribution in [0.15, 0.2) is 53.0 Å². The van der Waals surface area contributed by atoms with Gasteiger partial charge in [-0.2, -0.15) is 0 Å². The van der Waals surface area contributed by atoms with Gasteiger partial charge in [0.1, 0.15) is 11.5 Å². The average molecular weight is 441 g/mol. The molecule has 0 bridgehead atoms. The largest absolute Gasteiger partial charge is 0.457 e. The lowest BCUT2D eigenvalue weighted by molar-refractivity contribution is -0.111. The Morgan fingerprint density at radius 1 is 0.926 bits per heavy atom. The smallest absolute Gasteiger partial charge is 0.248 e. The van der Waals surface area contributed by atoms with Gasteiger partial charge in [0.2, 0.25) is 5.91 Å². The van der Waals surface area contributed by atoms with Crippen molar-refractivity contribution in [3.8, 4) is 11.3 Å². The fourth-order valence-corrected chi connectivity index (χ4v) is 3.07. The lowest BCUT2D eigenvalue weighted by Gasteiger charge is -2.06. The van der Waals surface area contributed by atoms with E-state index in [0.29, 0.717) is 37.3 Å². The fourth-order valence-electron chi connectivity index (χ4n) is 2.29. The number of anilines is 1. The van der Waals surface area contributed by atoms with Crippen LogP contribution in [0.2, 0.25) is 20.1 Å². The highest BCUT2D eigenvalue weighted by Gasteiger charge is 2.09. The molecule has 1 aromatic heterocycles. The summed E-state index contributed by atoms with van der Waals surface area (Å²) in [5.74, 6) is 0.799. The number of halogens is 4. The van der Waals surface area contributed by atoms with Crippen molar-refractivity contribution in [1.29, 1.82) is 0 Å². The molecule has 0 unspecified atom stereocenters. The normalized spacial score (nSPS) is 11.1. The number of carbonyl (C=O) groups excluding carboxylic acids is 1. The lowest BCUT2D eigenvalue weighted by atomic mass is 10.1. The van der Waals surface area contributed by atoms with Gasteiger partial charge in [0, 0.05) is 16.7 Å². The number of hydrogen-bond acceptors (Lipinski definition) is 2.